The van der Waals surface area contributed by atoms with Crippen molar-refractivity contribution < 1.29 is 28.3 Å². The molecule has 1 aromatic heterocycles. The minimum Gasteiger partial charge on any atom is -0.493 e. The maximum absolute atomic E-state index is 15.1. The van der Waals surface area contributed by atoms with Gasteiger partial charge in [-0.05, 0) is 81.7 Å². The number of carboxylic acids is 1. The summed E-state index contributed by atoms with van der Waals surface area (Å²) in [5, 5.41) is 13.7. The second-order valence-electron chi connectivity index (χ2n) is 11.9. The SMILES string of the molecule is COc1c(F)cc(C(C)(C)OC)cc1C(C(=O)O)N1CCC(C=[N+](C)CCCCCc2ccc3c(n2)NCCC3)C1. The van der Waals surface area contributed by atoms with Crippen molar-refractivity contribution >= 4 is 18.0 Å². The number of aromatic nitrogens is 1. The van der Waals surface area contributed by atoms with Crippen LogP contribution >= 0.6 is 0 Å². The van der Waals surface area contributed by atoms with E-state index in [1.807, 2.05) is 18.7 Å². The lowest BCUT2D eigenvalue weighted by Crippen LogP contribution is -2.34. The van der Waals surface area contributed by atoms with Crippen LogP contribution < -0.4 is 10.1 Å². The molecule has 2 unspecified atom stereocenters. The molecule has 2 N–H and O–H groups in total. The lowest BCUT2D eigenvalue weighted by Gasteiger charge is -2.29. The lowest BCUT2D eigenvalue weighted by atomic mass is 9.92. The number of likely N-dealkylation sites (tertiary alicyclic amines) is 1. The Morgan fingerprint density at radius 2 is 2.10 bits per heavy atom. The van der Waals surface area contributed by atoms with E-state index in [1.165, 1.54) is 25.2 Å². The molecule has 41 heavy (non-hydrogen) atoms. The van der Waals surface area contributed by atoms with Crippen LogP contribution in [-0.2, 0) is 28.0 Å². The van der Waals surface area contributed by atoms with Crippen LogP contribution in [0.3, 0.4) is 0 Å². The van der Waals surface area contributed by atoms with E-state index in [0.717, 1.165) is 63.1 Å². The Hall–Kier alpha value is -3.04. The van der Waals surface area contributed by atoms with E-state index in [9.17, 15) is 9.90 Å². The van der Waals surface area contributed by atoms with Gasteiger partial charge in [0.2, 0.25) is 0 Å². The maximum atomic E-state index is 15.1. The van der Waals surface area contributed by atoms with E-state index < -0.39 is 23.4 Å². The largest absolute Gasteiger partial charge is 0.493 e. The van der Waals surface area contributed by atoms with Crippen LogP contribution in [0.25, 0.3) is 0 Å². The quantitative estimate of drug-likeness (QED) is 0.199. The standard InChI is InChI=1S/C32H45FN4O4/c1-32(2,41-5)24-18-26(29(40-4)27(33)19-24)28(31(38)39)37-17-14-22(21-37)20-36(3)16-8-6-7-11-25-13-12-23-10-9-15-34-30(23)35-25/h12-13,18-20,22,28H,6-11,14-17,21H2,1-5H3,(H-,34,35,38,39)/p+1. The van der Waals surface area contributed by atoms with Gasteiger partial charge in [-0.15, -0.1) is 0 Å². The molecular weight excluding hydrogens is 523 g/mol. The summed E-state index contributed by atoms with van der Waals surface area (Å²) in [6, 6.07) is 6.45. The average molecular weight is 570 g/mol. The van der Waals surface area contributed by atoms with Crippen LogP contribution in [0.5, 0.6) is 5.75 Å². The van der Waals surface area contributed by atoms with Crippen molar-refractivity contribution in [3.8, 4) is 5.75 Å². The third kappa shape index (κ3) is 7.63. The maximum Gasteiger partial charge on any atom is 0.325 e. The highest BCUT2D eigenvalue weighted by Gasteiger charge is 2.37. The number of methoxy groups -OCH3 is 2. The number of hydrogen-bond acceptors (Lipinski definition) is 6. The van der Waals surface area contributed by atoms with Gasteiger partial charge in [0.25, 0.3) is 0 Å². The number of pyridine rings is 1. The molecule has 4 rings (SSSR count). The molecule has 1 fully saturated rings. The van der Waals surface area contributed by atoms with Crippen molar-refractivity contribution in [2.45, 2.75) is 70.4 Å². The Bertz CT molecular complexity index is 1250. The number of fused-ring (bicyclic) bond motifs is 1. The van der Waals surface area contributed by atoms with Crippen molar-refractivity contribution in [2.75, 3.05) is 52.8 Å². The number of halogens is 1. The van der Waals surface area contributed by atoms with Gasteiger partial charge in [0.1, 0.15) is 31.7 Å². The third-order valence-electron chi connectivity index (χ3n) is 8.49. The van der Waals surface area contributed by atoms with Crippen molar-refractivity contribution in [3.05, 3.63) is 52.5 Å². The Labute approximate surface area is 243 Å². The highest BCUT2D eigenvalue weighted by Crippen LogP contribution is 2.38. The molecule has 1 saturated heterocycles. The molecular formula is C32H46FN4O4+. The Morgan fingerprint density at radius 1 is 1.29 bits per heavy atom. The molecule has 2 aromatic rings. The summed E-state index contributed by atoms with van der Waals surface area (Å²) >= 11 is 0. The zero-order valence-corrected chi connectivity index (χ0v) is 25.2. The third-order valence-corrected chi connectivity index (χ3v) is 8.49. The minimum atomic E-state index is -1.02. The number of ether oxygens (including phenoxy) is 2. The molecule has 0 amide bonds. The van der Waals surface area contributed by atoms with Gasteiger partial charge in [0.05, 0.1) is 12.7 Å². The predicted octanol–water partition coefficient (Wildman–Crippen LogP) is 5.04. The van der Waals surface area contributed by atoms with Crippen molar-refractivity contribution in [1.29, 1.82) is 0 Å². The molecule has 0 radical (unpaired) electrons. The zero-order chi connectivity index (χ0) is 29.6. The molecule has 2 atom stereocenters. The molecule has 0 spiro atoms. The van der Waals surface area contributed by atoms with E-state index in [2.05, 4.69) is 35.3 Å². The molecule has 8 nitrogen and oxygen atoms in total. The number of anilines is 1. The number of rotatable bonds is 13. The summed E-state index contributed by atoms with van der Waals surface area (Å²) in [5.41, 5.74) is 2.60. The molecule has 224 valence electrons. The fourth-order valence-electron chi connectivity index (χ4n) is 5.94. The molecule has 0 saturated carbocycles. The van der Waals surface area contributed by atoms with Gasteiger partial charge in [-0.25, -0.2) is 13.9 Å². The van der Waals surface area contributed by atoms with E-state index in [0.29, 0.717) is 24.2 Å². The fraction of sp³-hybridized carbons (Fsp3) is 0.594. The van der Waals surface area contributed by atoms with Gasteiger partial charge in [0.15, 0.2) is 11.6 Å². The number of benzene rings is 1. The minimum absolute atomic E-state index is 0.0283. The normalized spacial score (nSPS) is 18.6. The van der Waals surface area contributed by atoms with E-state index >= 15 is 4.39 Å². The van der Waals surface area contributed by atoms with Gasteiger partial charge in [-0.1, -0.05) is 6.07 Å². The van der Waals surface area contributed by atoms with Gasteiger partial charge >= 0.3 is 5.97 Å². The van der Waals surface area contributed by atoms with Crippen LogP contribution in [0.4, 0.5) is 10.2 Å². The lowest BCUT2D eigenvalue weighted by molar-refractivity contribution is -0.495. The second-order valence-corrected chi connectivity index (χ2v) is 11.9. The summed E-state index contributed by atoms with van der Waals surface area (Å²) in [6.07, 6.45) is 9.66. The van der Waals surface area contributed by atoms with Crippen LogP contribution in [0, 0.1) is 11.7 Å². The number of aryl methyl sites for hydroxylation is 2. The molecule has 2 aliphatic rings. The number of hydrogen-bond donors (Lipinski definition) is 2. The summed E-state index contributed by atoms with van der Waals surface area (Å²) in [5.74, 6) is -0.345. The van der Waals surface area contributed by atoms with Crippen LogP contribution in [0.2, 0.25) is 0 Å². The summed E-state index contributed by atoms with van der Waals surface area (Å²) < 4.78 is 28.2. The molecule has 0 bridgehead atoms. The molecule has 0 aliphatic carbocycles. The van der Waals surface area contributed by atoms with Crippen LogP contribution in [0.15, 0.2) is 24.3 Å². The van der Waals surface area contributed by atoms with Gasteiger partial charge < -0.3 is 19.9 Å². The summed E-state index contributed by atoms with van der Waals surface area (Å²) in [6.45, 7) is 6.80. The summed E-state index contributed by atoms with van der Waals surface area (Å²) in [4.78, 5) is 19.2. The number of nitrogens with one attached hydrogen (secondary N) is 1. The Morgan fingerprint density at radius 3 is 2.83 bits per heavy atom. The second kappa shape index (κ2) is 13.7. The van der Waals surface area contributed by atoms with E-state index in [4.69, 9.17) is 14.5 Å². The smallest absolute Gasteiger partial charge is 0.325 e. The molecule has 2 aliphatic heterocycles. The monoisotopic (exact) mass is 569 g/mol. The Kier molecular flexibility index (Phi) is 10.4. The molecule has 3 heterocycles. The van der Waals surface area contributed by atoms with E-state index in [-0.39, 0.29) is 11.7 Å². The average Bonchev–Trinajstić information content (AvgIpc) is 3.39. The topological polar surface area (TPSA) is 86.9 Å². The highest BCUT2D eigenvalue weighted by atomic mass is 19.1. The first-order valence-corrected chi connectivity index (χ1v) is 14.8. The first-order valence-electron chi connectivity index (χ1n) is 14.8. The predicted molar refractivity (Wildman–Crippen MR) is 159 cm³/mol. The van der Waals surface area contributed by atoms with Crippen molar-refractivity contribution in [3.63, 3.8) is 0 Å². The van der Waals surface area contributed by atoms with Crippen molar-refractivity contribution in [1.82, 2.24) is 9.88 Å². The molecule has 9 heteroatoms. The van der Waals surface area contributed by atoms with Gasteiger partial charge in [-0.3, -0.25) is 9.69 Å². The first-order chi connectivity index (χ1) is 19.6. The van der Waals surface area contributed by atoms with Crippen LogP contribution in [0.1, 0.15) is 74.4 Å². The molecule has 1 aromatic carbocycles. The zero-order valence-electron chi connectivity index (χ0n) is 25.2. The van der Waals surface area contributed by atoms with Crippen molar-refractivity contribution in [2.24, 2.45) is 5.92 Å². The van der Waals surface area contributed by atoms with Crippen LogP contribution in [-0.4, -0.2) is 79.2 Å². The van der Waals surface area contributed by atoms with E-state index in [1.54, 1.807) is 13.2 Å². The highest BCUT2D eigenvalue weighted by molar-refractivity contribution is 5.77. The Balaban J connectivity index is 1.33. The first kappa shape index (κ1) is 30.9. The number of carbonyl (C=O) groups is 1. The number of aliphatic carboxylic acids is 1. The number of carboxylic acid groups (broad SMARTS) is 1. The summed E-state index contributed by atoms with van der Waals surface area (Å²) in [7, 11) is 5.01. The van der Waals surface area contributed by atoms with Gasteiger partial charge in [-0.2, -0.15) is 0 Å². The van der Waals surface area contributed by atoms with Gasteiger partial charge in [0, 0.05) is 50.3 Å². The number of unbranched alkanes of at least 4 members (excludes halogenated alkanes) is 2. The fourth-order valence-corrected chi connectivity index (χ4v) is 5.94. The number of nitrogens with zero attached hydrogens (tertiary/aromatic N) is 3.